The molecule has 1 fully saturated rings. The summed E-state index contributed by atoms with van der Waals surface area (Å²) in [6.45, 7) is 0. The van der Waals surface area contributed by atoms with Crippen LogP contribution in [0.15, 0.2) is 0 Å². The summed E-state index contributed by atoms with van der Waals surface area (Å²) in [5.74, 6) is -1.26. The third-order valence-electron chi connectivity index (χ3n) is 3.07. The van der Waals surface area contributed by atoms with Crippen molar-refractivity contribution in [1.82, 2.24) is 0 Å². The summed E-state index contributed by atoms with van der Waals surface area (Å²) in [5.41, 5.74) is 5.50. The Hall–Kier alpha value is -0.620. The Labute approximate surface area is 89.6 Å². The Bertz CT molecular complexity index is 338. The van der Waals surface area contributed by atoms with Gasteiger partial charge in [0.2, 0.25) is 0 Å². The summed E-state index contributed by atoms with van der Waals surface area (Å²) in [5, 5.41) is 8.33. The van der Waals surface area contributed by atoms with E-state index in [-0.39, 0.29) is 5.92 Å². The molecule has 0 amide bonds. The number of hydrogen-bond acceptors (Lipinski definition) is 4. The monoisotopic (exact) mass is 235 g/mol. The molecule has 0 aromatic heterocycles. The van der Waals surface area contributed by atoms with Gasteiger partial charge in [0.15, 0.2) is 0 Å². The third kappa shape index (κ3) is 3.17. The van der Waals surface area contributed by atoms with Gasteiger partial charge in [0.25, 0.3) is 0 Å². The van der Waals surface area contributed by atoms with Crippen molar-refractivity contribution in [2.75, 3.05) is 6.26 Å². The largest absolute Gasteiger partial charge is 0.480 e. The molecule has 0 saturated heterocycles. The van der Waals surface area contributed by atoms with Crippen LogP contribution in [0.1, 0.15) is 25.7 Å². The maximum Gasteiger partial charge on any atom is 0.320 e. The number of nitrogens with two attached hydrogens (primary N) is 1. The third-order valence-corrected chi connectivity index (χ3v) is 4.70. The molecule has 0 aromatic carbocycles. The first-order valence-electron chi connectivity index (χ1n) is 4.99. The minimum atomic E-state index is -3.07. The molecule has 1 rings (SSSR count). The lowest BCUT2D eigenvalue weighted by Gasteiger charge is -2.29. The molecule has 0 bridgehead atoms. The van der Waals surface area contributed by atoms with Gasteiger partial charge in [-0.15, -0.1) is 0 Å². The van der Waals surface area contributed by atoms with Gasteiger partial charge in [0, 0.05) is 6.26 Å². The fourth-order valence-electron chi connectivity index (χ4n) is 2.10. The zero-order valence-corrected chi connectivity index (χ0v) is 9.53. The van der Waals surface area contributed by atoms with Gasteiger partial charge in [-0.3, -0.25) is 4.79 Å². The molecule has 0 aliphatic heterocycles. The van der Waals surface area contributed by atoms with Gasteiger partial charge in [-0.25, -0.2) is 8.42 Å². The minimum absolute atomic E-state index is 0.212. The molecule has 0 spiro atoms. The van der Waals surface area contributed by atoms with Gasteiger partial charge in [0.1, 0.15) is 15.9 Å². The van der Waals surface area contributed by atoms with Crippen LogP contribution in [0, 0.1) is 5.92 Å². The fourth-order valence-corrected chi connectivity index (χ4v) is 3.29. The highest BCUT2D eigenvalue weighted by Gasteiger charge is 2.34. The van der Waals surface area contributed by atoms with Crippen LogP contribution >= 0.6 is 0 Å². The molecule has 1 aliphatic rings. The summed E-state index contributed by atoms with van der Waals surface area (Å²) in [4.78, 5) is 10.7. The smallest absolute Gasteiger partial charge is 0.320 e. The first-order valence-corrected chi connectivity index (χ1v) is 6.95. The Balaban J connectivity index is 2.68. The molecule has 3 N–H and O–H groups in total. The van der Waals surface area contributed by atoms with Gasteiger partial charge in [-0.1, -0.05) is 6.42 Å². The van der Waals surface area contributed by atoms with Crippen molar-refractivity contribution in [3.8, 4) is 0 Å². The van der Waals surface area contributed by atoms with E-state index in [4.69, 9.17) is 10.8 Å². The van der Waals surface area contributed by atoms with Gasteiger partial charge in [-0.05, 0) is 25.2 Å². The van der Waals surface area contributed by atoms with Gasteiger partial charge in [0.05, 0.1) is 5.25 Å². The number of aliphatic carboxylic acids is 1. The van der Waals surface area contributed by atoms with E-state index in [2.05, 4.69) is 0 Å². The van der Waals surface area contributed by atoms with E-state index in [9.17, 15) is 13.2 Å². The summed E-state index contributed by atoms with van der Waals surface area (Å²) in [6.07, 6.45) is 3.66. The average molecular weight is 235 g/mol. The topological polar surface area (TPSA) is 97.5 Å². The molecule has 0 heterocycles. The summed E-state index contributed by atoms with van der Waals surface area (Å²) in [7, 11) is -3.07. The number of carbonyl (C=O) groups is 1. The van der Waals surface area contributed by atoms with Gasteiger partial charge in [-0.2, -0.15) is 0 Å². The second-order valence-corrected chi connectivity index (χ2v) is 6.57. The summed E-state index contributed by atoms with van der Waals surface area (Å²) < 4.78 is 22.7. The standard InChI is InChI=1S/C9H17NO4S/c1-15(13,14)7-4-2-3-6(5-7)8(10)9(11)12/h6-8H,2-5,10H2,1H3,(H,11,12)/t6?,7?,8-/m1/s1. The molecule has 88 valence electrons. The van der Waals surface area contributed by atoms with Crippen LogP contribution < -0.4 is 5.73 Å². The molecule has 0 radical (unpaired) electrons. The second-order valence-electron chi connectivity index (χ2n) is 4.24. The van der Waals surface area contributed by atoms with Crippen molar-refractivity contribution in [2.24, 2.45) is 11.7 Å². The minimum Gasteiger partial charge on any atom is -0.480 e. The van der Waals surface area contributed by atoms with E-state index in [0.29, 0.717) is 19.3 Å². The first-order chi connectivity index (χ1) is 6.82. The molecule has 6 heteroatoms. The van der Waals surface area contributed by atoms with Gasteiger partial charge < -0.3 is 10.8 Å². The molecule has 2 unspecified atom stereocenters. The maximum atomic E-state index is 11.3. The van der Waals surface area contributed by atoms with Crippen molar-refractivity contribution < 1.29 is 18.3 Å². The lowest BCUT2D eigenvalue weighted by Crippen LogP contribution is -2.42. The van der Waals surface area contributed by atoms with E-state index in [1.54, 1.807) is 0 Å². The molecule has 1 saturated carbocycles. The van der Waals surface area contributed by atoms with Crippen LogP contribution in [0.3, 0.4) is 0 Å². The van der Waals surface area contributed by atoms with Crippen LogP contribution in [0.2, 0.25) is 0 Å². The Morgan fingerprint density at radius 3 is 2.53 bits per heavy atom. The molecule has 3 atom stereocenters. The van der Waals surface area contributed by atoms with E-state index < -0.39 is 27.1 Å². The molecule has 5 nitrogen and oxygen atoms in total. The predicted molar refractivity (Wildman–Crippen MR) is 56.2 cm³/mol. The number of carboxylic acids is 1. The highest BCUT2D eigenvalue weighted by atomic mass is 32.2. The van der Waals surface area contributed by atoms with E-state index in [1.165, 1.54) is 6.26 Å². The van der Waals surface area contributed by atoms with Crippen LogP contribution in [-0.4, -0.2) is 37.0 Å². The normalized spacial score (nSPS) is 29.7. The van der Waals surface area contributed by atoms with Crippen LogP contribution in [-0.2, 0) is 14.6 Å². The Kier molecular flexibility index (Phi) is 3.72. The zero-order chi connectivity index (χ0) is 11.6. The van der Waals surface area contributed by atoms with Crippen LogP contribution in [0.4, 0.5) is 0 Å². The quantitative estimate of drug-likeness (QED) is 0.717. The van der Waals surface area contributed by atoms with Crippen LogP contribution in [0.5, 0.6) is 0 Å². The van der Waals surface area contributed by atoms with E-state index in [1.807, 2.05) is 0 Å². The van der Waals surface area contributed by atoms with Crippen molar-refractivity contribution in [1.29, 1.82) is 0 Å². The van der Waals surface area contributed by atoms with Gasteiger partial charge >= 0.3 is 5.97 Å². The molecule has 15 heavy (non-hydrogen) atoms. The van der Waals surface area contributed by atoms with E-state index >= 15 is 0 Å². The lowest BCUT2D eigenvalue weighted by molar-refractivity contribution is -0.140. The maximum absolute atomic E-state index is 11.3. The van der Waals surface area contributed by atoms with Crippen LogP contribution in [0.25, 0.3) is 0 Å². The average Bonchev–Trinajstić information content (AvgIpc) is 2.15. The van der Waals surface area contributed by atoms with Crippen molar-refractivity contribution in [3.63, 3.8) is 0 Å². The second kappa shape index (κ2) is 4.49. The predicted octanol–water partition coefficient (Wildman–Crippen LogP) is 0.00170. The number of sulfone groups is 1. The van der Waals surface area contributed by atoms with E-state index in [0.717, 1.165) is 6.42 Å². The number of hydrogen-bond donors (Lipinski definition) is 2. The SMILES string of the molecule is CS(=O)(=O)C1CCCC([C@@H](N)C(=O)O)C1. The lowest BCUT2D eigenvalue weighted by atomic mass is 9.84. The summed E-state index contributed by atoms with van der Waals surface area (Å²) in [6, 6.07) is -0.936. The number of rotatable bonds is 3. The van der Waals surface area contributed by atoms with Crippen molar-refractivity contribution in [3.05, 3.63) is 0 Å². The highest BCUT2D eigenvalue weighted by molar-refractivity contribution is 7.91. The fraction of sp³-hybridized carbons (Fsp3) is 0.889. The zero-order valence-electron chi connectivity index (χ0n) is 8.72. The molecule has 1 aliphatic carbocycles. The number of carboxylic acid groups (broad SMARTS) is 1. The first kappa shape index (κ1) is 12.4. The highest BCUT2D eigenvalue weighted by Crippen LogP contribution is 2.30. The Morgan fingerprint density at radius 1 is 1.47 bits per heavy atom. The van der Waals surface area contributed by atoms with Crippen molar-refractivity contribution in [2.45, 2.75) is 37.0 Å². The molecular weight excluding hydrogens is 218 g/mol. The van der Waals surface area contributed by atoms with Crippen molar-refractivity contribution >= 4 is 15.8 Å². The Morgan fingerprint density at radius 2 is 2.07 bits per heavy atom. The summed E-state index contributed by atoms with van der Waals surface area (Å²) >= 11 is 0. The molecule has 0 aromatic rings. The molecular formula is C9H17NO4S.